The van der Waals surface area contributed by atoms with Gasteiger partial charge in [-0.05, 0) is 26.8 Å². The highest BCUT2D eigenvalue weighted by Gasteiger charge is 2.32. The average molecular weight is 337 g/mol. The fourth-order valence-corrected chi connectivity index (χ4v) is 5.11. The summed E-state index contributed by atoms with van der Waals surface area (Å²) >= 11 is 7.14. The number of halogens is 1. The molecular weight excluding hydrogens is 316 g/mol. The van der Waals surface area contributed by atoms with Gasteiger partial charge in [0.2, 0.25) is 10.0 Å². The number of piperazine rings is 1. The summed E-state index contributed by atoms with van der Waals surface area (Å²) in [5.41, 5.74) is 0.0873. The summed E-state index contributed by atoms with van der Waals surface area (Å²) in [4.78, 5) is 3.58. The average Bonchev–Trinajstić information content (AvgIpc) is 2.87. The summed E-state index contributed by atoms with van der Waals surface area (Å²) in [7, 11) is -3.36. The van der Waals surface area contributed by atoms with Crippen LogP contribution in [0.25, 0.3) is 0 Å². The van der Waals surface area contributed by atoms with Crippen molar-refractivity contribution in [2.75, 3.05) is 26.2 Å². The molecule has 1 saturated heterocycles. The second kappa shape index (κ2) is 5.93. The molecule has 1 aromatic heterocycles. The monoisotopic (exact) mass is 336 g/mol. The number of hydrogen-bond acceptors (Lipinski definition) is 4. The van der Waals surface area contributed by atoms with Crippen molar-refractivity contribution < 1.29 is 8.42 Å². The van der Waals surface area contributed by atoms with Gasteiger partial charge in [-0.1, -0.05) is 0 Å². The van der Waals surface area contributed by atoms with Crippen LogP contribution in [0.3, 0.4) is 0 Å². The van der Waals surface area contributed by atoms with Gasteiger partial charge in [0.05, 0.1) is 10.8 Å². The third-order valence-electron chi connectivity index (χ3n) is 3.59. The molecule has 0 unspecified atom stereocenters. The van der Waals surface area contributed by atoms with Gasteiger partial charge >= 0.3 is 0 Å². The number of hydrogen-bond donors (Lipinski definition) is 0. The number of thiophene rings is 1. The first kappa shape index (κ1) is 16.2. The molecule has 0 spiro atoms. The summed E-state index contributed by atoms with van der Waals surface area (Å²) in [6, 6.07) is 1.68. The molecule has 0 radical (unpaired) electrons. The van der Waals surface area contributed by atoms with Gasteiger partial charge in [-0.2, -0.15) is 4.31 Å². The zero-order chi connectivity index (χ0) is 15.0. The topological polar surface area (TPSA) is 40.6 Å². The molecule has 20 heavy (non-hydrogen) atoms. The fourth-order valence-electron chi connectivity index (χ4n) is 2.31. The lowest BCUT2D eigenvalue weighted by molar-refractivity contribution is 0.0922. The van der Waals surface area contributed by atoms with Gasteiger partial charge in [-0.3, -0.25) is 4.90 Å². The van der Waals surface area contributed by atoms with E-state index in [9.17, 15) is 8.42 Å². The Hall–Kier alpha value is -0.140. The Kier molecular flexibility index (Phi) is 4.81. The van der Waals surface area contributed by atoms with Gasteiger partial charge < -0.3 is 0 Å². The lowest BCUT2D eigenvalue weighted by atomic mass is 10.1. The predicted octanol–water partition coefficient (Wildman–Crippen LogP) is 2.59. The molecule has 114 valence electrons. The minimum absolute atomic E-state index is 0.0873. The standard InChI is InChI=1S/C13H21ClN2O2S2/c1-13(2,3)15-4-6-16(7-5-15)20(17,18)12-8-11(9-14)19-10-12/h8,10H,4-7,9H2,1-3H3. The molecule has 0 bridgehead atoms. The van der Waals surface area contributed by atoms with Crippen LogP contribution >= 0.6 is 22.9 Å². The van der Waals surface area contributed by atoms with E-state index in [1.54, 1.807) is 15.8 Å². The summed E-state index contributed by atoms with van der Waals surface area (Å²) in [5, 5.41) is 1.68. The molecule has 0 saturated carbocycles. The fraction of sp³-hybridized carbons (Fsp3) is 0.692. The quantitative estimate of drug-likeness (QED) is 0.797. The van der Waals surface area contributed by atoms with Crippen molar-refractivity contribution in [2.45, 2.75) is 37.1 Å². The lowest BCUT2D eigenvalue weighted by Crippen LogP contribution is -2.54. The summed E-state index contributed by atoms with van der Waals surface area (Å²) in [6.07, 6.45) is 0. The van der Waals surface area contributed by atoms with Crippen LogP contribution in [0.1, 0.15) is 25.6 Å². The molecule has 0 N–H and O–H groups in total. The second-order valence-corrected chi connectivity index (χ2v) is 9.15. The van der Waals surface area contributed by atoms with Crippen LogP contribution in [0, 0.1) is 0 Å². The number of nitrogens with zero attached hydrogens (tertiary/aromatic N) is 2. The zero-order valence-electron chi connectivity index (χ0n) is 12.1. The Morgan fingerprint density at radius 2 is 1.85 bits per heavy atom. The van der Waals surface area contributed by atoms with Crippen LogP contribution < -0.4 is 0 Å². The van der Waals surface area contributed by atoms with Crippen molar-refractivity contribution in [2.24, 2.45) is 0 Å². The smallest absolute Gasteiger partial charge is 0.243 e. The van der Waals surface area contributed by atoms with Gasteiger partial charge in [0, 0.05) is 42.0 Å². The van der Waals surface area contributed by atoms with Gasteiger partial charge in [0.1, 0.15) is 0 Å². The summed E-state index contributed by atoms with van der Waals surface area (Å²) in [6.45, 7) is 9.11. The van der Waals surface area contributed by atoms with Gasteiger partial charge in [0.25, 0.3) is 0 Å². The maximum atomic E-state index is 12.5. The molecule has 0 aromatic carbocycles. The van der Waals surface area contributed by atoms with Gasteiger partial charge in [0.15, 0.2) is 0 Å². The summed E-state index contributed by atoms with van der Waals surface area (Å²) < 4.78 is 26.7. The van der Waals surface area contributed by atoms with Crippen molar-refractivity contribution in [3.8, 4) is 0 Å². The molecule has 0 atom stereocenters. The van der Waals surface area contributed by atoms with E-state index in [1.807, 2.05) is 0 Å². The van der Waals surface area contributed by atoms with Gasteiger partial charge in [-0.15, -0.1) is 22.9 Å². The van der Waals surface area contributed by atoms with E-state index in [0.717, 1.165) is 18.0 Å². The molecule has 1 aliphatic rings. The van der Waals surface area contributed by atoms with Gasteiger partial charge in [-0.25, -0.2) is 8.42 Å². The van der Waals surface area contributed by atoms with Crippen molar-refractivity contribution in [1.29, 1.82) is 0 Å². The van der Waals surface area contributed by atoms with E-state index in [2.05, 4.69) is 25.7 Å². The molecule has 4 nitrogen and oxygen atoms in total. The maximum Gasteiger partial charge on any atom is 0.243 e. The zero-order valence-corrected chi connectivity index (χ0v) is 14.5. The molecule has 1 aromatic rings. The van der Waals surface area contributed by atoms with E-state index in [0.29, 0.717) is 23.9 Å². The highest BCUT2D eigenvalue weighted by molar-refractivity contribution is 7.89. The van der Waals surface area contributed by atoms with Crippen molar-refractivity contribution >= 4 is 33.0 Å². The van der Waals surface area contributed by atoms with E-state index in [-0.39, 0.29) is 5.54 Å². The molecule has 2 rings (SSSR count). The number of alkyl halides is 1. The Morgan fingerprint density at radius 1 is 1.25 bits per heavy atom. The Balaban J connectivity index is 2.09. The van der Waals surface area contributed by atoms with Crippen LogP contribution in [0.2, 0.25) is 0 Å². The third-order valence-corrected chi connectivity index (χ3v) is 7.00. The van der Waals surface area contributed by atoms with Crippen LogP contribution in [-0.2, 0) is 15.9 Å². The molecule has 7 heteroatoms. The summed E-state index contributed by atoms with van der Waals surface area (Å²) in [5.74, 6) is 0.359. The number of sulfonamides is 1. The van der Waals surface area contributed by atoms with E-state index in [4.69, 9.17) is 11.6 Å². The normalized spacial score (nSPS) is 19.4. The minimum Gasteiger partial charge on any atom is -0.296 e. The highest BCUT2D eigenvalue weighted by atomic mass is 35.5. The largest absolute Gasteiger partial charge is 0.296 e. The van der Waals surface area contributed by atoms with E-state index in [1.165, 1.54) is 11.3 Å². The van der Waals surface area contributed by atoms with E-state index < -0.39 is 10.0 Å². The minimum atomic E-state index is -3.36. The second-order valence-electron chi connectivity index (χ2n) is 5.94. The highest BCUT2D eigenvalue weighted by Crippen LogP contribution is 2.25. The number of rotatable bonds is 3. The molecular formula is C13H21ClN2O2S2. The van der Waals surface area contributed by atoms with Crippen molar-refractivity contribution in [3.63, 3.8) is 0 Å². The molecule has 0 aliphatic carbocycles. The van der Waals surface area contributed by atoms with Crippen LogP contribution in [0.5, 0.6) is 0 Å². The molecule has 2 heterocycles. The lowest BCUT2D eigenvalue weighted by Gasteiger charge is -2.41. The Morgan fingerprint density at radius 3 is 2.30 bits per heavy atom. The van der Waals surface area contributed by atoms with Crippen LogP contribution in [0.15, 0.2) is 16.3 Å². The molecule has 1 fully saturated rings. The first-order valence-electron chi connectivity index (χ1n) is 6.64. The Bertz CT molecular complexity index is 555. The van der Waals surface area contributed by atoms with Crippen molar-refractivity contribution in [3.05, 3.63) is 16.3 Å². The van der Waals surface area contributed by atoms with Crippen LogP contribution in [-0.4, -0.2) is 49.3 Å². The van der Waals surface area contributed by atoms with Crippen molar-refractivity contribution in [1.82, 2.24) is 9.21 Å². The van der Waals surface area contributed by atoms with Crippen LogP contribution in [0.4, 0.5) is 0 Å². The molecule has 0 amide bonds. The Labute approximate surface area is 130 Å². The predicted molar refractivity (Wildman–Crippen MR) is 84.0 cm³/mol. The maximum absolute atomic E-state index is 12.5. The van der Waals surface area contributed by atoms with E-state index >= 15 is 0 Å². The third kappa shape index (κ3) is 3.36. The first-order valence-corrected chi connectivity index (χ1v) is 9.49. The first-order chi connectivity index (χ1) is 9.25. The SMILES string of the molecule is CC(C)(C)N1CCN(S(=O)(=O)c2csc(CCl)c2)CC1. The molecule has 1 aliphatic heterocycles.